The number of anilines is 3. The molecule has 0 bridgehead atoms. The van der Waals surface area contributed by atoms with E-state index >= 15 is 0 Å². The molecule has 1 aliphatic rings. The molecular weight excluding hydrogens is 482 g/mol. The van der Waals surface area contributed by atoms with E-state index in [1.165, 1.54) is 60.3 Å². The molecule has 0 atom stereocenters. The SMILES string of the molecule is CC1(C)c2cc3ccccc3cc2-c2c(N(c3ccc4ccccc4c3)c3ccc4ccccc4c3)cccc21. The van der Waals surface area contributed by atoms with E-state index in [0.29, 0.717) is 0 Å². The van der Waals surface area contributed by atoms with Gasteiger partial charge in [-0.1, -0.05) is 111 Å². The minimum Gasteiger partial charge on any atom is -0.310 e. The number of benzene rings is 7. The fourth-order valence-electron chi connectivity index (χ4n) is 6.70. The maximum Gasteiger partial charge on any atom is 0.0543 e. The predicted molar refractivity (Wildman–Crippen MR) is 171 cm³/mol. The molecule has 7 aromatic carbocycles. The van der Waals surface area contributed by atoms with Gasteiger partial charge in [-0.3, -0.25) is 0 Å². The molecule has 1 nitrogen and oxygen atoms in total. The molecule has 0 radical (unpaired) electrons. The summed E-state index contributed by atoms with van der Waals surface area (Å²) in [6.45, 7) is 4.74. The normalized spacial score (nSPS) is 13.4. The molecule has 0 N–H and O–H groups in total. The molecule has 0 saturated carbocycles. The lowest BCUT2D eigenvalue weighted by atomic mass is 9.82. The van der Waals surface area contributed by atoms with Crippen molar-refractivity contribution in [2.24, 2.45) is 0 Å². The molecule has 1 heteroatoms. The molecule has 0 unspecified atom stereocenters. The van der Waals surface area contributed by atoms with Gasteiger partial charge in [-0.05, 0) is 91.5 Å². The van der Waals surface area contributed by atoms with Crippen LogP contribution in [0.5, 0.6) is 0 Å². The molecule has 0 aliphatic heterocycles. The van der Waals surface area contributed by atoms with Crippen molar-refractivity contribution in [3.05, 3.63) is 151 Å². The smallest absolute Gasteiger partial charge is 0.0543 e. The highest BCUT2D eigenvalue weighted by Gasteiger charge is 2.38. The summed E-state index contributed by atoms with van der Waals surface area (Å²) >= 11 is 0. The van der Waals surface area contributed by atoms with E-state index < -0.39 is 0 Å². The number of rotatable bonds is 3. The van der Waals surface area contributed by atoms with Crippen LogP contribution in [0.2, 0.25) is 0 Å². The highest BCUT2D eigenvalue weighted by molar-refractivity contribution is 6.01. The molecule has 0 saturated heterocycles. The Balaban J connectivity index is 1.44. The summed E-state index contributed by atoms with van der Waals surface area (Å²) in [6.07, 6.45) is 0. The lowest BCUT2D eigenvalue weighted by molar-refractivity contribution is 0.661. The maximum absolute atomic E-state index is 2.46. The zero-order chi connectivity index (χ0) is 26.8. The Bertz CT molecular complexity index is 2020. The zero-order valence-corrected chi connectivity index (χ0v) is 22.7. The second kappa shape index (κ2) is 8.56. The van der Waals surface area contributed by atoms with Crippen molar-refractivity contribution in [2.45, 2.75) is 19.3 Å². The third kappa shape index (κ3) is 3.41. The molecule has 0 spiro atoms. The van der Waals surface area contributed by atoms with Gasteiger partial charge in [0.2, 0.25) is 0 Å². The van der Waals surface area contributed by atoms with Crippen molar-refractivity contribution < 1.29 is 0 Å². The highest BCUT2D eigenvalue weighted by Crippen LogP contribution is 2.55. The van der Waals surface area contributed by atoms with Gasteiger partial charge in [0.1, 0.15) is 0 Å². The summed E-state index contributed by atoms with van der Waals surface area (Å²) < 4.78 is 0. The first kappa shape index (κ1) is 23.0. The summed E-state index contributed by atoms with van der Waals surface area (Å²) in [5.74, 6) is 0. The highest BCUT2D eigenvalue weighted by atomic mass is 15.1. The van der Waals surface area contributed by atoms with Crippen LogP contribution in [-0.2, 0) is 5.41 Å². The lowest BCUT2D eigenvalue weighted by Gasteiger charge is -2.29. The number of hydrogen-bond acceptors (Lipinski definition) is 1. The molecule has 1 aliphatic carbocycles. The van der Waals surface area contributed by atoms with Crippen LogP contribution < -0.4 is 4.90 Å². The number of nitrogens with zero attached hydrogens (tertiary/aromatic N) is 1. The molecule has 190 valence electrons. The summed E-state index contributed by atoms with van der Waals surface area (Å²) in [5, 5.41) is 7.56. The fourth-order valence-corrected chi connectivity index (χ4v) is 6.70. The average Bonchev–Trinajstić information content (AvgIpc) is 3.22. The number of hydrogen-bond donors (Lipinski definition) is 0. The minimum atomic E-state index is -0.0941. The second-order valence-electron chi connectivity index (χ2n) is 11.5. The zero-order valence-electron chi connectivity index (χ0n) is 22.7. The van der Waals surface area contributed by atoms with Crippen LogP contribution in [0.15, 0.2) is 140 Å². The van der Waals surface area contributed by atoms with Gasteiger partial charge in [0, 0.05) is 22.4 Å². The largest absolute Gasteiger partial charge is 0.310 e. The Morgan fingerprint density at radius 2 is 0.925 bits per heavy atom. The molecule has 8 rings (SSSR count). The van der Waals surface area contributed by atoms with Crippen LogP contribution in [0.4, 0.5) is 17.1 Å². The standard InChI is InChI=1S/C39H29N/c1-39(2)35-16-9-17-37(38(35)34-24-30-14-7-8-15-31(30)25-36(34)39)40(32-20-18-26-10-3-5-12-28(26)22-32)33-21-19-27-11-4-6-13-29(27)23-33/h3-25H,1-2H3. The first-order chi connectivity index (χ1) is 19.6. The van der Waals surface area contributed by atoms with Gasteiger partial charge in [-0.25, -0.2) is 0 Å². The quantitative estimate of drug-likeness (QED) is 0.228. The van der Waals surface area contributed by atoms with E-state index in [-0.39, 0.29) is 5.41 Å². The molecule has 40 heavy (non-hydrogen) atoms. The third-order valence-corrected chi connectivity index (χ3v) is 8.77. The Kier molecular flexibility index (Phi) is 4.93. The van der Waals surface area contributed by atoms with E-state index in [9.17, 15) is 0 Å². The van der Waals surface area contributed by atoms with Gasteiger partial charge in [0.25, 0.3) is 0 Å². The van der Waals surface area contributed by atoms with E-state index in [1.807, 2.05) is 0 Å². The van der Waals surface area contributed by atoms with Crippen LogP contribution in [0.3, 0.4) is 0 Å². The average molecular weight is 512 g/mol. The first-order valence-corrected chi connectivity index (χ1v) is 14.0. The molecule has 0 heterocycles. The Morgan fingerprint density at radius 3 is 1.50 bits per heavy atom. The summed E-state index contributed by atoms with van der Waals surface area (Å²) in [7, 11) is 0. The molecule has 7 aromatic rings. The Morgan fingerprint density at radius 1 is 0.425 bits per heavy atom. The first-order valence-electron chi connectivity index (χ1n) is 14.0. The van der Waals surface area contributed by atoms with Crippen molar-refractivity contribution in [3.8, 4) is 11.1 Å². The summed E-state index contributed by atoms with van der Waals surface area (Å²) in [4.78, 5) is 2.46. The van der Waals surface area contributed by atoms with E-state index in [4.69, 9.17) is 0 Å². The van der Waals surface area contributed by atoms with Crippen LogP contribution in [0.25, 0.3) is 43.4 Å². The van der Waals surface area contributed by atoms with E-state index in [1.54, 1.807) is 0 Å². The van der Waals surface area contributed by atoms with Gasteiger partial charge in [0.05, 0.1) is 5.69 Å². The molecule has 0 fully saturated rings. The van der Waals surface area contributed by atoms with Crippen LogP contribution in [-0.4, -0.2) is 0 Å². The van der Waals surface area contributed by atoms with Gasteiger partial charge in [0.15, 0.2) is 0 Å². The Hall–Kier alpha value is -4.88. The van der Waals surface area contributed by atoms with E-state index in [2.05, 4.69) is 158 Å². The van der Waals surface area contributed by atoms with E-state index in [0.717, 1.165) is 11.4 Å². The second-order valence-corrected chi connectivity index (χ2v) is 11.5. The van der Waals surface area contributed by atoms with Crippen molar-refractivity contribution in [1.29, 1.82) is 0 Å². The fraction of sp³-hybridized carbons (Fsp3) is 0.0769. The maximum atomic E-state index is 2.46. The summed E-state index contributed by atoms with van der Waals surface area (Å²) in [6, 6.07) is 51.3. The lowest BCUT2D eigenvalue weighted by Crippen LogP contribution is -2.16. The van der Waals surface area contributed by atoms with Gasteiger partial charge < -0.3 is 4.90 Å². The van der Waals surface area contributed by atoms with Gasteiger partial charge in [-0.15, -0.1) is 0 Å². The molecule has 0 aromatic heterocycles. The van der Waals surface area contributed by atoms with Gasteiger partial charge in [-0.2, -0.15) is 0 Å². The predicted octanol–water partition coefficient (Wildman–Crippen LogP) is 10.9. The summed E-state index contributed by atoms with van der Waals surface area (Å²) in [5.41, 5.74) is 8.88. The topological polar surface area (TPSA) is 3.24 Å². The van der Waals surface area contributed by atoms with Crippen LogP contribution in [0.1, 0.15) is 25.0 Å². The van der Waals surface area contributed by atoms with Crippen LogP contribution in [0, 0.1) is 0 Å². The minimum absolute atomic E-state index is 0.0941. The number of fused-ring (bicyclic) bond motifs is 6. The van der Waals surface area contributed by atoms with Crippen molar-refractivity contribution in [1.82, 2.24) is 0 Å². The van der Waals surface area contributed by atoms with Crippen molar-refractivity contribution in [2.75, 3.05) is 4.90 Å². The Labute approximate surface area is 234 Å². The molecular formula is C39H29N. The van der Waals surface area contributed by atoms with Crippen LogP contribution >= 0.6 is 0 Å². The van der Waals surface area contributed by atoms with Crippen molar-refractivity contribution >= 4 is 49.4 Å². The monoisotopic (exact) mass is 511 g/mol. The third-order valence-electron chi connectivity index (χ3n) is 8.77. The van der Waals surface area contributed by atoms with Crippen molar-refractivity contribution in [3.63, 3.8) is 0 Å². The van der Waals surface area contributed by atoms with Gasteiger partial charge >= 0.3 is 0 Å². The molecule has 0 amide bonds.